The Morgan fingerprint density at radius 3 is 2.65 bits per heavy atom. The minimum atomic E-state index is 0.135. The SMILES string of the molecule is O=C(CCC1CCOCC1)NCCc1ccc(O)cc1. The molecule has 0 atom stereocenters. The number of hydrogen-bond donors (Lipinski definition) is 2. The van der Waals surface area contributed by atoms with Crippen molar-refractivity contribution in [3.63, 3.8) is 0 Å². The van der Waals surface area contributed by atoms with Crippen LogP contribution in [0, 0.1) is 5.92 Å². The molecule has 2 rings (SSSR count). The Bertz CT molecular complexity index is 410. The molecule has 20 heavy (non-hydrogen) atoms. The fourth-order valence-electron chi connectivity index (χ4n) is 2.47. The molecule has 0 saturated carbocycles. The number of phenols is 1. The molecule has 1 aliphatic heterocycles. The molecular weight excluding hydrogens is 254 g/mol. The van der Waals surface area contributed by atoms with Gasteiger partial charge in [-0.05, 0) is 49.3 Å². The van der Waals surface area contributed by atoms with Crippen molar-refractivity contribution >= 4 is 5.91 Å². The van der Waals surface area contributed by atoms with Crippen LogP contribution < -0.4 is 5.32 Å². The quantitative estimate of drug-likeness (QED) is 0.838. The molecule has 0 bridgehead atoms. The first-order chi connectivity index (χ1) is 9.74. The highest BCUT2D eigenvalue weighted by atomic mass is 16.5. The Balaban J connectivity index is 1.58. The number of hydrogen-bond acceptors (Lipinski definition) is 3. The summed E-state index contributed by atoms with van der Waals surface area (Å²) in [4.78, 5) is 11.7. The first kappa shape index (κ1) is 14.9. The first-order valence-corrected chi connectivity index (χ1v) is 7.36. The third-order valence-corrected chi connectivity index (χ3v) is 3.79. The van der Waals surface area contributed by atoms with Crippen molar-refractivity contribution in [1.82, 2.24) is 5.32 Å². The standard InChI is InChI=1S/C16H23NO3/c18-15-4-1-13(2-5-15)7-10-17-16(19)6-3-14-8-11-20-12-9-14/h1-2,4-5,14,18H,3,6-12H2,(H,17,19). The van der Waals surface area contributed by atoms with Crippen molar-refractivity contribution in [2.24, 2.45) is 5.92 Å². The van der Waals surface area contributed by atoms with E-state index < -0.39 is 0 Å². The lowest BCUT2D eigenvalue weighted by Crippen LogP contribution is -2.26. The highest BCUT2D eigenvalue weighted by molar-refractivity contribution is 5.75. The van der Waals surface area contributed by atoms with Gasteiger partial charge in [-0.25, -0.2) is 0 Å². The molecule has 1 amide bonds. The van der Waals surface area contributed by atoms with Crippen molar-refractivity contribution in [3.8, 4) is 5.75 Å². The molecule has 0 spiro atoms. The van der Waals surface area contributed by atoms with E-state index in [4.69, 9.17) is 4.74 Å². The molecule has 1 aromatic carbocycles. The van der Waals surface area contributed by atoms with Crippen LogP contribution in [0.3, 0.4) is 0 Å². The van der Waals surface area contributed by atoms with E-state index in [2.05, 4.69) is 5.32 Å². The molecule has 1 fully saturated rings. The van der Waals surface area contributed by atoms with E-state index in [1.807, 2.05) is 12.1 Å². The minimum absolute atomic E-state index is 0.135. The topological polar surface area (TPSA) is 58.6 Å². The molecule has 0 unspecified atom stereocenters. The van der Waals surface area contributed by atoms with E-state index >= 15 is 0 Å². The van der Waals surface area contributed by atoms with Crippen molar-refractivity contribution in [2.45, 2.75) is 32.1 Å². The maximum Gasteiger partial charge on any atom is 0.220 e. The zero-order valence-electron chi connectivity index (χ0n) is 11.8. The van der Waals surface area contributed by atoms with Crippen LogP contribution in [0.15, 0.2) is 24.3 Å². The van der Waals surface area contributed by atoms with Crippen LogP contribution in [0.5, 0.6) is 5.75 Å². The summed E-state index contributed by atoms with van der Waals surface area (Å²) in [5.41, 5.74) is 1.12. The number of aromatic hydroxyl groups is 1. The van der Waals surface area contributed by atoms with Gasteiger partial charge in [-0.3, -0.25) is 4.79 Å². The second kappa shape index (κ2) is 7.90. The summed E-state index contributed by atoms with van der Waals surface area (Å²) in [5, 5.41) is 12.1. The van der Waals surface area contributed by atoms with Crippen LogP contribution in [0.25, 0.3) is 0 Å². The maximum absolute atomic E-state index is 11.7. The molecule has 0 aromatic heterocycles. The highest BCUT2D eigenvalue weighted by Crippen LogP contribution is 2.19. The maximum atomic E-state index is 11.7. The summed E-state index contributed by atoms with van der Waals surface area (Å²) >= 11 is 0. The minimum Gasteiger partial charge on any atom is -0.508 e. The van der Waals surface area contributed by atoms with E-state index in [9.17, 15) is 9.90 Å². The van der Waals surface area contributed by atoms with Gasteiger partial charge in [-0.15, -0.1) is 0 Å². The Morgan fingerprint density at radius 1 is 1.25 bits per heavy atom. The predicted molar refractivity (Wildman–Crippen MR) is 77.6 cm³/mol. The zero-order chi connectivity index (χ0) is 14.2. The Kier molecular flexibility index (Phi) is 5.87. The van der Waals surface area contributed by atoms with Gasteiger partial charge in [-0.1, -0.05) is 12.1 Å². The van der Waals surface area contributed by atoms with Crippen LogP contribution in [-0.2, 0) is 16.0 Å². The Morgan fingerprint density at radius 2 is 1.95 bits per heavy atom. The lowest BCUT2D eigenvalue weighted by molar-refractivity contribution is -0.121. The number of benzene rings is 1. The molecule has 0 radical (unpaired) electrons. The average molecular weight is 277 g/mol. The second-order valence-corrected chi connectivity index (χ2v) is 5.36. The number of ether oxygens (including phenoxy) is 1. The van der Waals surface area contributed by atoms with Gasteiger partial charge in [0.2, 0.25) is 5.91 Å². The molecule has 0 aliphatic carbocycles. The van der Waals surface area contributed by atoms with Crippen LogP contribution >= 0.6 is 0 Å². The van der Waals surface area contributed by atoms with E-state index in [1.165, 1.54) is 0 Å². The molecule has 2 N–H and O–H groups in total. The van der Waals surface area contributed by atoms with Gasteiger partial charge in [0.05, 0.1) is 0 Å². The highest BCUT2D eigenvalue weighted by Gasteiger charge is 2.14. The summed E-state index contributed by atoms with van der Waals surface area (Å²) in [6, 6.07) is 7.09. The van der Waals surface area contributed by atoms with Gasteiger partial charge in [0.1, 0.15) is 5.75 Å². The lowest BCUT2D eigenvalue weighted by Gasteiger charge is -2.21. The molecule has 1 heterocycles. The third-order valence-electron chi connectivity index (χ3n) is 3.79. The van der Waals surface area contributed by atoms with Gasteiger partial charge in [0.25, 0.3) is 0 Å². The molecule has 4 nitrogen and oxygen atoms in total. The number of phenolic OH excluding ortho intramolecular Hbond substituents is 1. The van der Waals surface area contributed by atoms with Crippen molar-refractivity contribution < 1.29 is 14.6 Å². The Hall–Kier alpha value is -1.55. The monoisotopic (exact) mass is 277 g/mol. The Labute approximate surface area is 120 Å². The van der Waals surface area contributed by atoms with Crippen molar-refractivity contribution in [3.05, 3.63) is 29.8 Å². The van der Waals surface area contributed by atoms with Crippen molar-refractivity contribution in [2.75, 3.05) is 19.8 Å². The number of amides is 1. The van der Waals surface area contributed by atoms with Crippen molar-refractivity contribution in [1.29, 1.82) is 0 Å². The van der Waals surface area contributed by atoms with Crippen LogP contribution in [0.1, 0.15) is 31.2 Å². The molecule has 1 aliphatic rings. The van der Waals surface area contributed by atoms with E-state index in [0.29, 0.717) is 18.9 Å². The summed E-state index contributed by atoms with van der Waals surface area (Å²) in [6.45, 7) is 2.33. The predicted octanol–water partition coefficient (Wildman–Crippen LogP) is 2.26. The second-order valence-electron chi connectivity index (χ2n) is 5.36. The third kappa shape index (κ3) is 5.21. The molecule has 1 saturated heterocycles. The van der Waals surface area contributed by atoms with Gasteiger partial charge < -0.3 is 15.2 Å². The number of carbonyl (C=O) groups is 1. The van der Waals surface area contributed by atoms with Crippen LogP contribution in [0.2, 0.25) is 0 Å². The first-order valence-electron chi connectivity index (χ1n) is 7.36. The van der Waals surface area contributed by atoms with Crippen LogP contribution in [-0.4, -0.2) is 30.8 Å². The summed E-state index contributed by atoms with van der Waals surface area (Å²) in [6.07, 6.45) is 4.54. The smallest absolute Gasteiger partial charge is 0.220 e. The summed E-state index contributed by atoms with van der Waals surface area (Å²) in [7, 11) is 0. The largest absolute Gasteiger partial charge is 0.508 e. The summed E-state index contributed by atoms with van der Waals surface area (Å²) < 4.78 is 5.31. The fourth-order valence-corrected chi connectivity index (χ4v) is 2.47. The molecule has 110 valence electrons. The average Bonchev–Trinajstić information content (AvgIpc) is 2.48. The number of rotatable bonds is 6. The van der Waals surface area contributed by atoms with Gasteiger partial charge in [0, 0.05) is 26.2 Å². The van der Waals surface area contributed by atoms with E-state index in [0.717, 1.165) is 44.5 Å². The van der Waals surface area contributed by atoms with Crippen LogP contribution in [0.4, 0.5) is 0 Å². The molecule has 4 heteroatoms. The van der Waals surface area contributed by atoms with Gasteiger partial charge >= 0.3 is 0 Å². The number of carbonyl (C=O) groups excluding carboxylic acids is 1. The molecule has 1 aromatic rings. The fraction of sp³-hybridized carbons (Fsp3) is 0.562. The lowest BCUT2D eigenvalue weighted by atomic mass is 9.95. The summed E-state index contributed by atoms with van der Waals surface area (Å²) in [5.74, 6) is 1.05. The van der Waals surface area contributed by atoms with E-state index in [1.54, 1.807) is 12.1 Å². The normalized spacial score (nSPS) is 16.0. The van der Waals surface area contributed by atoms with Gasteiger partial charge in [0.15, 0.2) is 0 Å². The van der Waals surface area contributed by atoms with Gasteiger partial charge in [-0.2, -0.15) is 0 Å². The van der Waals surface area contributed by atoms with E-state index in [-0.39, 0.29) is 11.7 Å². The zero-order valence-corrected chi connectivity index (χ0v) is 11.8. The number of nitrogens with one attached hydrogen (secondary N) is 1. The molecular formula is C16H23NO3.